The van der Waals surface area contributed by atoms with Gasteiger partial charge in [-0.2, -0.15) is 5.10 Å². The molecule has 1 atom stereocenters. The van der Waals surface area contributed by atoms with Gasteiger partial charge < -0.3 is 10.4 Å². The molecule has 0 amide bonds. The summed E-state index contributed by atoms with van der Waals surface area (Å²) in [7, 11) is 1.95. The van der Waals surface area contributed by atoms with Crippen LogP contribution in [-0.2, 0) is 20.0 Å². The maximum atomic E-state index is 9.27. The van der Waals surface area contributed by atoms with Crippen molar-refractivity contribution < 1.29 is 5.11 Å². The van der Waals surface area contributed by atoms with Crippen LogP contribution < -0.4 is 5.32 Å². The minimum atomic E-state index is 0.127. The monoisotopic (exact) mass is 303 g/mol. The zero-order chi connectivity index (χ0) is 13.0. The number of nitrogens with one attached hydrogen (secondary N) is 1. The Kier molecular flexibility index (Phi) is 5.62. The highest BCUT2D eigenvalue weighted by Gasteiger charge is 2.16. The quantitative estimate of drug-likeness (QED) is 0.843. The molecule has 0 aliphatic carbocycles. The molecule has 0 radical (unpaired) electrons. The van der Waals surface area contributed by atoms with Crippen LogP contribution in [0.2, 0.25) is 0 Å². The summed E-state index contributed by atoms with van der Waals surface area (Å²) >= 11 is 3.59. The Morgan fingerprint density at radius 2 is 2.12 bits per heavy atom. The summed E-state index contributed by atoms with van der Waals surface area (Å²) in [6.45, 7) is 7.17. The van der Waals surface area contributed by atoms with E-state index in [4.69, 9.17) is 0 Å². The van der Waals surface area contributed by atoms with Crippen LogP contribution in [0.3, 0.4) is 0 Å². The van der Waals surface area contributed by atoms with Crippen molar-refractivity contribution in [1.82, 2.24) is 15.1 Å². The smallest absolute Gasteiger partial charge is 0.0767 e. The Bertz CT molecular complexity index is 363. The zero-order valence-corrected chi connectivity index (χ0v) is 12.6. The van der Waals surface area contributed by atoms with Crippen LogP contribution in [0.1, 0.15) is 32.2 Å². The van der Waals surface area contributed by atoms with Crippen LogP contribution in [0.15, 0.2) is 4.47 Å². The molecule has 0 aliphatic rings. The van der Waals surface area contributed by atoms with Gasteiger partial charge in [0.15, 0.2) is 0 Å². The standard InChI is InChI=1S/C12H22BrN3O/c1-5-9-12(13)11(16(4)15-9)6-14-10(7-17)8(2)3/h8,10,14,17H,5-7H2,1-4H3. The minimum Gasteiger partial charge on any atom is -0.395 e. The Morgan fingerprint density at radius 3 is 2.53 bits per heavy atom. The summed E-state index contributed by atoms with van der Waals surface area (Å²) in [6.07, 6.45) is 0.919. The third-order valence-corrected chi connectivity index (χ3v) is 3.95. The Labute approximate surface area is 112 Å². The van der Waals surface area contributed by atoms with Gasteiger partial charge in [0.25, 0.3) is 0 Å². The number of aryl methyl sites for hydroxylation is 2. The first-order chi connectivity index (χ1) is 8.01. The maximum absolute atomic E-state index is 9.27. The molecule has 2 N–H and O–H groups in total. The summed E-state index contributed by atoms with van der Waals surface area (Å²) in [5.74, 6) is 0.414. The van der Waals surface area contributed by atoms with E-state index in [1.807, 2.05) is 11.7 Å². The number of halogens is 1. The van der Waals surface area contributed by atoms with Crippen molar-refractivity contribution in [1.29, 1.82) is 0 Å². The Hall–Kier alpha value is -0.390. The molecule has 5 heteroatoms. The fourth-order valence-corrected chi connectivity index (χ4v) is 2.51. The van der Waals surface area contributed by atoms with Crippen LogP contribution in [-0.4, -0.2) is 27.5 Å². The number of hydrogen-bond donors (Lipinski definition) is 2. The van der Waals surface area contributed by atoms with Crippen molar-refractivity contribution in [2.24, 2.45) is 13.0 Å². The lowest BCUT2D eigenvalue weighted by Gasteiger charge is -2.20. The Morgan fingerprint density at radius 1 is 1.47 bits per heavy atom. The summed E-state index contributed by atoms with van der Waals surface area (Å²) in [6, 6.07) is 0.127. The van der Waals surface area contributed by atoms with Crippen molar-refractivity contribution in [3.05, 3.63) is 15.9 Å². The van der Waals surface area contributed by atoms with E-state index < -0.39 is 0 Å². The van der Waals surface area contributed by atoms with E-state index in [-0.39, 0.29) is 12.6 Å². The fraction of sp³-hybridized carbons (Fsp3) is 0.750. The van der Waals surface area contributed by atoms with E-state index in [1.54, 1.807) is 0 Å². The second kappa shape index (κ2) is 6.52. The second-order valence-electron chi connectivity index (χ2n) is 4.60. The molecule has 0 saturated heterocycles. The average molecular weight is 304 g/mol. The predicted octanol–water partition coefficient (Wildman–Crippen LogP) is 1.85. The van der Waals surface area contributed by atoms with E-state index >= 15 is 0 Å². The van der Waals surface area contributed by atoms with Crippen molar-refractivity contribution in [2.75, 3.05) is 6.61 Å². The molecule has 17 heavy (non-hydrogen) atoms. The molecule has 0 spiro atoms. The van der Waals surface area contributed by atoms with Crippen molar-refractivity contribution in [2.45, 2.75) is 39.8 Å². The molecule has 0 fully saturated rings. The lowest BCUT2D eigenvalue weighted by molar-refractivity contribution is 0.209. The number of aromatic nitrogens is 2. The largest absolute Gasteiger partial charge is 0.395 e. The number of nitrogens with zero attached hydrogens (tertiary/aromatic N) is 2. The molecule has 0 aliphatic heterocycles. The first kappa shape index (κ1) is 14.7. The molecule has 0 bridgehead atoms. The number of aliphatic hydroxyl groups is 1. The molecule has 1 heterocycles. The van der Waals surface area contributed by atoms with Crippen molar-refractivity contribution >= 4 is 15.9 Å². The van der Waals surface area contributed by atoms with Crippen LogP contribution in [0, 0.1) is 5.92 Å². The van der Waals surface area contributed by atoms with Gasteiger partial charge >= 0.3 is 0 Å². The molecule has 4 nitrogen and oxygen atoms in total. The van der Waals surface area contributed by atoms with Gasteiger partial charge in [-0.25, -0.2) is 0 Å². The van der Waals surface area contributed by atoms with E-state index in [0.717, 1.165) is 22.3 Å². The van der Waals surface area contributed by atoms with E-state index in [0.29, 0.717) is 12.5 Å². The number of aliphatic hydroxyl groups excluding tert-OH is 1. The van der Waals surface area contributed by atoms with Gasteiger partial charge in [0.2, 0.25) is 0 Å². The molecular weight excluding hydrogens is 282 g/mol. The third kappa shape index (κ3) is 3.53. The summed E-state index contributed by atoms with van der Waals surface area (Å²) in [4.78, 5) is 0. The molecule has 1 aromatic heterocycles. The third-order valence-electron chi connectivity index (χ3n) is 3.04. The lowest BCUT2D eigenvalue weighted by atomic mass is 10.1. The Balaban J connectivity index is 2.72. The molecule has 98 valence electrons. The van der Waals surface area contributed by atoms with Crippen LogP contribution in [0.25, 0.3) is 0 Å². The van der Waals surface area contributed by atoms with Crippen molar-refractivity contribution in [3.63, 3.8) is 0 Å². The van der Waals surface area contributed by atoms with E-state index in [1.165, 1.54) is 0 Å². The van der Waals surface area contributed by atoms with Gasteiger partial charge in [-0.05, 0) is 28.3 Å². The van der Waals surface area contributed by atoms with Gasteiger partial charge in [-0.15, -0.1) is 0 Å². The topological polar surface area (TPSA) is 50.1 Å². The first-order valence-electron chi connectivity index (χ1n) is 6.05. The van der Waals surface area contributed by atoms with Gasteiger partial charge in [0, 0.05) is 19.6 Å². The molecular formula is C12H22BrN3O. The minimum absolute atomic E-state index is 0.127. The lowest BCUT2D eigenvalue weighted by Crippen LogP contribution is -2.37. The van der Waals surface area contributed by atoms with Gasteiger partial charge in [0.05, 0.1) is 22.5 Å². The summed E-state index contributed by atoms with van der Waals surface area (Å²) in [5.41, 5.74) is 2.20. The molecule has 1 rings (SSSR count). The molecule has 1 aromatic rings. The number of hydrogen-bond acceptors (Lipinski definition) is 3. The highest BCUT2D eigenvalue weighted by molar-refractivity contribution is 9.10. The SMILES string of the molecule is CCc1nn(C)c(CNC(CO)C(C)C)c1Br. The van der Waals surface area contributed by atoms with Crippen molar-refractivity contribution in [3.8, 4) is 0 Å². The highest BCUT2D eigenvalue weighted by atomic mass is 79.9. The second-order valence-corrected chi connectivity index (χ2v) is 5.39. The summed E-state index contributed by atoms with van der Waals surface area (Å²) < 4.78 is 2.97. The molecule has 0 saturated carbocycles. The predicted molar refractivity (Wildman–Crippen MR) is 72.8 cm³/mol. The van der Waals surface area contributed by atoms with Crippen LogP contribution in [0.5, 0.6) is 0 Å². The van der Waals surface area contributed by atoms with E-state index in [9.17, 15) is 5.11 Å². The van der Waals surface area contributed by atoms with Crippen LogP contribution >= 0.6 is 15.9 Å². The zero-order valence-electron chi connectivity index (χ0n) is 11.0. The van der Waals surface area contributed by atoms with E-state index in [2.05, 4.69) is 47.1 Å². The van der Waals surface area contributed by atoms with Gasteiger partial charge in [-0.3, -0.25) is 4.68 Å². The van der Waals surface area contributed by atoms with Gasteiger partial charge in [0.1, 0.15) is 0 Å². The average Bonchev–Trinajstić information content (AvgIpc) is 2.56. The summed E-state index contributed by atoms with van der Waals surface area (Å²) in [5, 5.41) is 17.1. The molecule has 0 aromatic carbocycles. The fourth-order valence-electron chi connectivity index (χ4n) is 1.75. The van der Waals surface area contributed by atoms with Crippen LogP contribution in [0.4, 0.5) is 0 Å². The van der Waals surface area contributed by atoms with Gasteiger partial charge in [-0.1, -0.05) is 20.8 Å². The number of rotatable bonds is 6. The first-order valence-corrected chi connectivity index (χ1v) is 6.85. The maximum Gasteiger partial charge on any atom is 0.0767 e. The highest BCUT2D eigenvalue weighted by Crippen LogP contribution is 2.21. The molecule has 1 unspecified atom stereocenters. The normalized spacial score (nSPS) is 13.4.